The van der Waals surface area contributed by atoms with E-state index in [4.69, 9.17) is 4.74 Å². The summed E-state index contributed by atoms with van der Waals surface area (Å²) in [7, 11) is 0. The van der Waals surface area contributed by atoms with Gasteiger partial charge in [-0.15, -0.1) is 0 Å². The van der Waals surface area contributed by atoms with Gasteiger partial charge in [-0.3, -0.25) is 0 Å². The molecule has 0 spiro atoms. The maximum Gasteiger partial charge on any atom is 0.416 e. The first kappa shape index (κ1) is 15.8. The first-order valence-corrected chi connectivity index (χ1v) is 7.15. The molecule has 0 radical (unpaired) electrons. The van der Waals surface area contributed by atoms with Crippen LogP contribution in [0.3, 0.4) is 0 Å². The van der Waals surface area contributed by atoms with E-state index in [1.54, 1.807) is 0 Å². The maximum atomic E-state index is 12.6. The Bertz CT molecular complexity index is 482. The zero-order chi connectivity index (χ0) is 15.3. The largest absolute Gasteiger partial charge is 0.456 e. The highest BCUT2D eigenvalue weighted by Gasteiger charge is 2.31. The van der Waals surface area contributed by atoms with Crippen LogP contribution in [-0.2, 0) is 10.9 Å². The van der Waals surface area contributed by atoms with Crippen LogP contribution in [0, 0.1) is 0 Å². The summed E-state index contributed by atoms with van der Waals surface area (Å²) in [5, 5.41) is 0. The van der Waals surface area contributed by atoms with Crippen molar-refractivity contribution in [3.63, 3.8) is 0 Å². The van der Waals surface area contributed by atoms with E-state index in [0.717, 1.165) is 25.2 Å². The van der Waals surface area contributed by atoms with E-state index in [2.05, 4.69) is 0 Å². The van der Waals surface area contributed by atoms with E-state index in [9.17, 15) is 18.0 Å². The zero-order valence-electron chi connectivity index (χ0n) is 11.7. The molecule has 2 rings (SSSR count). The number of likely N-dealkylation sites (tertiary alicyclic amines) is 1. The Balaban J connectivity index is 1.85. The molecule has 0 aromatic heterocycles. The smallest absolute Gasteiger partial charge is 0.416 e. The minimum atomic E-state index is -4.45. The lowest BCUT2D eigenvalue weighted by Crippen LogP contribution is -3.13. The first-order chi connectivity index (χ1) is 9.97. The lowest BCUT2D eigenvalue weighted by Gasteiger charge is -2.23. The van der Waals surface area contributed by atoms with Gasteiger partial charge in [0, 0.05) is 0 Å². The van der Waals surface area contributed by atoms with Crippen LogP contribution >= 0.6 is 0 Å². The van der Waals surface area contributed by atoms with Gasteiger partial charge in [-0.05, 0) is 37.5 Å². The van der Waals surface area contributed by atoms with Gasteiger partial charge in [0.05, 0.1) is 24.2 Å². The molecule has 1 heterocycles. The Kier molecular flexibility index (Phi) is 5.22. The Morgan fingerprint density at radius 3 is 2.57 bits per heavy atom. The summed E-state index contributed by atoms with van der Waals surface area (Å²) < 4.78 is 42.8. The van der Waals surface area contributed by atoms with Gasteiger partial charge in [-0.2, -0.15) is 13.2 Å². The van der Waals surface area contributed by atoms with Crippen LogP contribution in [0.5, 0.6) is 0 Å². The molecule has 3 nitrogen and oxygen atoms in total. The van der Waals surface area contributed by atoms with Crippen molar-refractivity contribution < 1.29 is 27.6 Å². The first-order valence-electron chi connectivity index (χ1n) is 7.15. The fourth-order valence-corrected chi connectivity index (χ4v) is 2.50. The lowest BCUT2D eigenvalue weighted by atomic mass is 10.1. The Labute approximate surface area is 121 Å². The summed E-state index contributed by atoms with van der Waals surface area (Å²) in [4.78, 5) is 13.2. The van der Waals surface area contributed by atoms with Crippen molar-refractivity contribution in [3.05, 3.63) is 35.4 Å². The van der Waals surface area contributed by atoms with Gasteiger partial charge in [0.15, 0.2) is 0 Å². The van der Waals surface area contributed by atoms with Crippen LogP contribution in [0.15, 0.2) is 24.3 Å². The predicted octanol–water partition coefficient (Wildman–Crippen LogP) is 1.93. The number of alkyl halides is 3. The predicted molar refractivity (Wildman–Crippen MR) is 71.1 cm³/mol. The molecule has 1 saturated heterocycles. The third-order valence-corrected chi connectivity index (χ3v) is 3.68. The van der Waals surface area contributed by atoms with Crippen LogP contribution in [0.1, 0.15) is 35.2 Å². The molecule has 1 aliphatic rings. The van der Waals surface area contributed by atoms with Crippen molar-refractivity contribution in [1.82, 2.24) is 0 Å². The monoisotopic (exact) mass is 302 g/mol. The second-order valence-corrected chi connectivity index (χ2v) is 5.28. The van der Waals surface area contributed by atoms with E-state index >= 15 is 0 Å². The highest BCUT2D eigenvalue weighted by atomic mass is 19.4. The molecule has 1 aliphatic heterocycles. The molecule has 0 aliphatic carbocycles. The second kappa shape index (κ2) is 6.93. The number of rotatable bonds is 4. The fourth-order valence-electron chi connectivity index (χ4n) is 2.50. The minimum Gasteiger partial charge on any atom is -0.456 e. The molecule has 1 aromatic rings. The Hall–Kier alpha value is -1.56. The maximum absolute atomic E-state index is 12.6. The molecule has 0 atom stereocenters. The molecule has 6 heteroatoms. The third kappa shape index (κ3) is 4.74. The van der Waals surface area contributed by atoms with Crippen molar-refractivity contribution in [3.8, 4) is 0 Å². The van der Waals surface area contributed by atoms with Gasteiger partial charge < -0.3 is 9.64 Å². The molecule has 1 aromatic carbocycles. The topological polar surface area (TPSA) is 30.7 Å². The van der Waals surface area contributed by atoms with Gasteiger partial charge >= 0.3 is 12.1 Å². The number of quaternary nitrogens is 1. The average molecular weight is 302 g/mol. The van der Waals surface area contributed by atoms with Gasteiger partial charge in [-0.1, -0.05) is 6.07 Å². The summed E-state index contributed by atoms with van der Waals surface area (Å²) in [5.41, 5.74) is -0.892. The molecule has 0 unspecified atom stereocenters. The van der Waals surface area contributed by atoms with Gasteiger partial charge in [-0.25, -0.2) is 4.79 Å². The van der Waals surface area contributed by atoms with Crippen molar-refractivity contribution >= 4 is 5.97 Å². The van der Waals surface area contributed by atoms with E-state index in [1.165, 1.54) is 36.3 Å². The van der Waals surface area contributed by atoms with Crippen LogP contribution in [0.4, 0.5) is 13.2 Å². The second-order valence-electron chi connectivity index (χ2n) is 5.28. The van der Waals surface area contributed by atoms with Crippen LogP contribution in [-0.4, -0.2) is 32.2 Å². The van der Waals surface area contributed by atoms with Crippen molar-refractivity contribution in [2.75, 3.05) is 26.2 Å². The molecular formula is C15H19F3NO2+. The number of hydrogen-bond donors (Lipinski definition) is 1. The molecule has 0 bridgehead atoms. The average Bonchev–Trinajstić information content (AvgIpc) is 2.47. The number of halogens is 3. The van der Waals surface area contributed by atoms with E-state index in [0.29, 0.717) is 6.54 Å². The number of piperidine rings is 1. The Morgan fingerprint density at radius 2 is 1.90 bits per heavy atom. The summed E-state index contributed by atoms with van der Waals surface area (Å²) in [5.74, 6) is -0.697. The Morgan fingerprint density at radius 1 is 1.19 bits per heavy atom. The van der Waals surface area contributed by atoms with Crippen LogP contribution < -0.4 is 4.90 Å². The number of carbonyl (C=O) groups excluding carboxylic acids is 1. The molecule has 116 valence electrons. The number of ether oxygens (including phenoxy) is 1. The quantitative estimate of drug-likeness (QED) is 0.862. The number of nitrogens with one attached hydrogen (secondary N) is 1. The van der Waals surface area contributed by atoms with E-state index in [1.807, 2.05) is 0 Å². The SMILES string of the molecule is O=C(OCC[NH+]1CCCCC1)c1cccc(C(F)(F)F)c1. The van der Waals surface area contributed by atoms with E-state index in [-0.39, 0.29) is 12.2 Å². The minimum absolute atomic E-state index is 0.0570. The summed E-state index contributed by atoms with van der Waals surface area (Å²) in [6, 6.07) is 4.32. The zero-order valence-corrected chi connectivity index (χ0v) is 11.7. The van der Waals surface area contributed by atoms with Crippen molar-refractivity contribution in [2.45, 2.75) is 25.4 Å². The van der Waals surface area contributed by atoms with Gasteiger partial charge in [0.2, 0.25) is 0 Å². The van der Waals surface area contributed by atoms with E-state index < -0.39 is 17.7 Å². The fraction of sp³-hybridized carbons (Fsp3) is 0.533. The normalized spacial score (nSPS) is 16.7. The highest BCUT2D eigenvalue weighted by molar-refractivity contribution is 5.89. The van der Waals surface area contributed by atoms with Crippen molar-refractivity contribution in [1.29, 1.82) is 0 Å². The van der Waals surface area contributed by atoms with Crippen LogP contribution in [0.25, 0.3) is 0 Å². The standard InChI is InChI=1S/C15H18F3NO2/c16-15(17,18)13-6-4-5-12(11-13)14(20)21-10-9-19-7-2-1-3-8-19/h4-6,11H,1-3,7-10H2/p+1. The molecule has 0 amide bonds. The molecule has 1 fully saturated rings. The highest BCUT2D eigenvalue weighted by Crippen LogP contribution is 2.29. The summed E-state index contributed by atoms with van der Waals surface area (Å²) in [6.45, 7) is 3.09. The third-order valence-electron chi connectivity index (χ3n) is 3.68. The number of benzene rings is 1. The molecule has 0 saturated carbocycles. The van der Waals surface area contributed by atoms with Gasteiger partial charge in [0.25, 0.3) is 0 Å². The summed E-state index contributed by atoms with van der Waals surface area (Å²) in [6.07, 6.45) is -0.852. The number of esters is 1. The lowest BCUT2D eigenvalue weighted by molar-refractivity contribution is -0.905. The molecule has 1 N–H and O–H groups in total. The van der Waals surface area contributed by atoms with Gasteiger partial charge in [0.1, 0.15) is 13.2 Å². The van der Waals surface area contributed by atoms with Crippen LogP contribution in [0.2, 0.25) is 0 Å². The molecule has 21 heavy (non-hydrogen) atoms. The number of carbonyl (C=O) groups is 1. The van der Waals surface area contributed by atoms with Crippen molar-refractivity contribution in [2.24, 2.45) is 0 Å². The molecular weight excluding hydrogens is 283 g/mol. The summed E-state index contributed by atoms with van der Waals surface area (Å²) >= 11 is 0. The number of hydrogen-bond acceptors (Lipinski definition) is 2.